The van der Waals surface area contributed by atoms with Crippen molar-refractivity contribution in [2.24, 2.45) is 0 Å². The lowest BCUT2D eigenvalue weighted by molar-refractivity contribution is 0.0785. The number of benzene rings is 1. The van der Waals surface area contributed by atoms with E-state index < -0.39 is 0 Å². The number of hydrogen-bond donors (Lipinski definition) is 2. The molecule has 2 rings (SSSR count). The zero-order chi connectivity index (χ0) is 13.1. The Kier molecular flexibility index (Phi) is 3.53. The van der Waals surface area contributed by atoms with E-state index in [1.807, 2.05) is 0 Å². The zero-order valence-corrected chi connectivity index (χ0v) is 10.6. The molecule has 18 heavy (non-hydrogen) atoms. The van der Waals surface area contributed by atoms with Gasteiger partial charge in [0.2, 0.25) is 0 Å². The highest BCUT2D eigenvalue weighted by molar-refractivity contribution is 6.33. The number of hydrogen-bond acceptors (Lipinski definition) is 3. The van der Waals surface area contributed by atoms with Crippen LogP contribution >= 0.6 is 11.6 Å². The van der Waals surface area contributed by atoms with Crippen molar-refractivity contribution < 1.29 is 4.79 Å². The fourth-order valence-electron chi connectivity index (χ4n) is 1.62. The van der Waals surface area contributed by atoms with Gasteiger partial charge in [-0.1, -0.05) is 11.6 Å². The number of nitrogen functional groups attached to an aromatic ring is 1. The van der Waals surface area contributed by atoms with Crippen molar-refractivity contribution in [2.45, 2.75) is 6.54 Å². The smallest absolute Gasteiger partial charge is 0.255 e. The summed E-state index contributed by atoms with van der Waals surface area (Å²) in [6, 6.07) is 4.86. The molecule has 1 aromatic heterocycles. The third-order valence-electron chi connectivity index (χ3n) is 2.54. The second-order valence-corrected chi connectivity index (χ2v) is 4.41. The van der Waals surface area contributed by atoms with Crippen molar-refractivity contribution in [2.75, 3.05) is 12.8 Å². The van der Waals surface area contributed by atoms with E-state index in [2.05, 4.69) is 10.2 Å². The van der Waals surface area contributed by atoms with Crippen molar-refractivity contribution >= 4 is 23.2 Å². The first-order valence-electron chi connectivity index (χ1n) is 5.36. The SMILES string of the molecule is CN(Cc1cn[nH]c1)C(=O)c1cc(N)ccc1Cl. The van der Waals surface area contributed by atoms with Crippen LogP contribution in [0.5, 0.6) is 0 Å². The second-order valence-electron chi connectivity index (χ2n) is 4.01. The number of carbonyl (C=O) groups is 1. The molecule has 5 nitrogen and oxygen atoms in total. The van der Waals surface area contributed by atoms with Gasteiger partial charge in [-0.2, -0.15) is 5.10 Å². The molecule has 0 saturated heterocycles. The van der Waals surface area contributed by atoms with Crippen LogP contribution in [0.4, 0.5) is 5.69 Å². The van der Waals surface area contributed by atoms with E-state index in [0.717, 1.165) is 5.56 Å². The van der Waals surface area contributed by atoms with E-state index in [0.29, 0.717) is 22.8 Å². The van der Waals surface area contributed by atoms with Gasteiger partial charge in [-0.05, 0) is 18.2 Å². The first-order valence-corrected chi connectivity index (χ1v) is 5.74. The minimum Gasteiger partial charge on any atom is -0.399 e. The summed E-state index contributed by atoms with van der Waals surface area (Å²) in [5, 5.41) is 6.93. The van der Waals surface area contributed by atoms with Crippen molar-refractivity contribution in [1.29, 1.82) is 0 Å². The summed E-state index contributed by atoms with van der Waals surface area (Å²) in [7, 11) is 1.70. The summed E-state index contributed by atoms with van der Waals surface area (Å²) in [5.74, 6) is -0.173. The van der Waals surface area contributed by atoms with Crippen molar-refractivity contribution in [3.8, 4) is 0 Å². The van der Waals surface area contributed by atoms with Gasteiger partial charge in [-0.3, -0.25) is 9.89 Å². The van der Waals surface area contributed by atoms with E-state index in [1.165, 1.54) is 0 Å². The zero-order valence-electron chi connectivity index (χ0n) is 9.85. The maximum Gasteiger partial charge on any atom is 0.255 e. The van der Waals surface area contributed by atoms with Crippen LogP contribution < -0.4 is 5.73 Å². The molecule has 0 aliphatic carbocycles. The highest BCUT2D eigenvalue weighted by Crippen LogP contribution is 2.20. The van der Waals surface area contributed by atoms with Crippen LogP contribution in [0.15, 0.2) is 30.6 Å². The number of aromatic amines is 1. The molecule has 3 N–H and O–H groups in total. The fraction of sp³-hybridized carbons (Fsp3) is 0.167. The normalized spacial score (nSPS) is 10.3. The van der Waals surface area contributed by atoms with Gasteiger partial charge in [-0.25, -0.2) is 0 Å². The van der Waals surface area contributed by atoms with Crippen LogP contribution in [0.3, 0.4) is 0 Å². The number of nitrogens with zero attached hydrogens (tertiary/aromatic N) is 2. The Balaban J connectivity index is 2.17. The van der Waals surface area contributed by atoms with E-state index in [1.54, 1.807) is 42.5 Å². The number of rotatable bonds is 3. The summed E-state index contributed by atoms with van der Waals surface area (Å²) in [5.41, 5.74) is 7.50. The molecule has 0 saturated carbocycles. The van der Waals surface area contributed by atoms with Crippen LogP contribution in [-0.2, 0) is 6.54 Å². The third-order valence-corrected chi connectivity index (χ3v) is 2.87. The van der Waals surface area contributed by atoms with Crippen molar-refractivity contribution in [3.63, 3.8) is 0 Å². The average molecular weight is 265 g/mol. The minimum atomic E-state index is -0.173. The summed E-state index contributed by atoms with van der Waals surface area (Å²) < 4.78 is 0. The molecular weight excluding hydrogens is 252 g/mol. The molecule has 6 heteroatoms. The molecule has 0 spiro atoms. The Morgan fingerprint density at radius 3 is 3.00 bits per heavy atom. The Bertz CT molecular complexity index is 553. The molecule has 1 heterocycles. The topological polar surface area (TPSA) is 75.0 Å². The van der Waals surface area contributed by atoms with E-state index in [4.69, 9.17) is 17.3 Å². The molecule has 1 amide bonds. The van der Waals surface area contributed by atoms with Gasteiger partial charge in [0, 0.05) is 31.0 Å². The van der Waals surface area contributed by atoms with Crippen LogP contribution in [0, 0.1) is 0 Å². The van der Waals surface area contributed by atoms with Gasteiger partial charge in [0.05, 0.1) is 16.8 Å². The average Bonchev–Trinajstić information content (AvgIpc) is 2.84. The Morgan fingerprint density at radius 1 is 1.56 bits per heavy atom. The Morgan fingerprint density at radius 2 is 2.33 bits per heavy atom. The van der Waals surface area contributed by atoms with Gasteiger partial charge >= 0.3 is 0 Å². The number of H-pyrrole nitrogens is 1. The molecule has 0 fully saturated rings. The van der Waals surface area contributed by atoms with E-state index in [-0.39, 0.29) is 5.91 Å². The van der Waals surface area contributed by atoms with Crippen molar-refractivity contribution in [1.82, 2.24) is 15.1 Å². The summed E-state index contributed by atoms with van der Waals surface area (Å²) in [6.07, 6.45) is 3.41. The van der Waals surface area contributed by atoms with Crippen LogP contribution in [-0.4, -0.2) is 28.1 Å². The highest BCUT2D eigenvalue weighted by atomic mass is 35.5. The monoisotopic (exact) mass is 264 g/mol. The van der Waals surface area contributed by atoms with Gasteiger partial charge in [0.25, 0.3) is 5.91 Å². The molecule has 1 aromatic carbocycles. The molecule has 0 aliphatic rings. The lowest BCUT2D eigenvalue weighted by atomic mass is 10.1. The summed E-state index contributed by atoms with van der Waals surface area (Å²) >= 11 is 6.00. The standard InChI is InChI=1S/C12H13ClN4O/c1-17(7-8-5-15-16-6-8)12(18)10-4-9(14)2-3-11(10)13/h2-6H,7,14H2,1H3,(H,15,16). The molecule has 0 unspecified atom stereocenters. The quantitative estimate of drug-likeness (QED) is 0.832. The largest absolute Gasteiger partial charge is 0.399 e. The van der Waals surface area contributed by atoms with E-state index in [9.17, 15) is 4.79 Å². The van der Waals surface area contributed by atoms with Crippen LogP contribution in [0.2, 0.25) is 5.02 Å². The van der Waals surface area contributed by atoms with Gasteiger partial charge in [0.1, 0.15) is 0 Å². The first kappa shape index (κ1) is 12.4. The molecular formula is C12H13ClN4O. The minimum absolute atomic E-state index is 0.173. The summed E-state index contributed by atoms with van der Waals surface area (Å²) in [4.78, 5) is 13.8. The second kappa shape index (κ2) is 5.10. The maximum absolute atomic E-state index is 12.2. The predicted octanol–water partition coefficient (Wildman–Crippen LogP) is 1.92. The first-order chi connectivity index (χ1) is 8.58. The Labute approximate surface area is 110 Å². The number of nitrogens with two attached hydrogens (primary N) is 1. The molecule has 94 valence electrons. The number of nitrogens with one attached hydrogen (secondary N) is 1. The van der Waals surface area contributed by atoms with Gasteiger partial charge in [0.15, 0.2) is 0 Å². The molecule has 0 atom stereocenters. The number of anilines is 1. The lowest BCUT2D eigenvalue weighted by Gasteiger charge is -2.17. The van der Waals surface area contributed by atoms with Gasteiger partial charge < -0.3 is 10.6 Å². The molecule has 0 radical (unpaired) electrons. The molecule has 0 aliphatic heterocycles. The van der Waals surface area contributed by atoms with Crippen molar-refractivity contribution in [3.05, 3.63) is 46.7 Å². The maximum atomic E-state index is 12.2. The number of carbonyl (C=O) groups excluding carboxylic acids is 1. The van der Waals surface area contributed by atoms with E-state index >= 15 is 0 Å². The van der Waals surface area contributed by atoms with Crippen LogP contribution in [0.25, 0.3) is 0 Å². The summed E-state index contributed by atoms with van der Waals surface area (Å²) in [6.45, 7) is 0.459. The number of amides is 1. The van der Waals surface area contributed by atoms with Crippen LogP contribution in [0.1, 0.15) is 15.9 Å². The molecule has 2 aromatic rings. The Hall–Kier alpha value is -2.01. The highest BCUT2D eigenvalue weighted by Gasteiger charge is 2.15. The number of halogens is 1. The molecule has 0 bridgehead atoms. The van der Waals surface area contributed by atoms with Gasteiger partial charge in [-0.15, -0.1) is 0 Å². The third kappa shape index (κ3) is 2.62. The lowest BCUT2D eigenvalue weighted by Crippen LogP contribution is -2.26. The predicted molar refractivity (Wildman–Crippen MR) is 70.2 cm³/mol. The fourth-order valence-corrected chi connectivity index (χ4v) is 1.82. The number of aromatic nitrogens is 2.